The van der Waals surface area contributed by atoms with Gasteiger partial charge in [0.15, 0.2) is 5.13 Å². The van der Waals surface area contributed by atoms with Crippen LogP contribution in [0.4, 0.5) is 5.13 Å². The molecule has 4 aromatic rings. The summed E-state index contributed by atoms with van der Waals surface area (Å²) < 4.78 is 1.17. The Hall–Kier alpha value is -2.74. The second-order valence-corrected chi connectivity index (χ2v) is 8.65. The Morgan fingerprint density at radius 3 is 2.73 bits per heavy atom. The lowest BCUT2D eigenvalue weighted by molar-refractivity contribution is -0.117. The molecule has 152 valence electrons. The second-order valence-electron chi connectivity index (χ2n) is 6.69. The molecule has 2 aromatic heterocycles. The van der Waals surface area contributed by atoms with Gasteiger partial charge in [-0.25, -0.2) is 9.67 Å². The highest BCUT2D eigenvalue weighted by molar-refractivity contribution is 7.15. The van der Waals surface area contributed by atoms with E-state index in [9.17, 15) is 9.59 Å². The Bertz CT molecular complexity index is 1320. The van der Waals surface area contributed by atoms with Gasteiger partial charge >= 0.3 is 0 Å². The largest absolute Gasteiger partial charge is 0.300 e. The molecule has 0 aliphatic heterocycles. The van der Waals surface area contributed by atoms with Crippen LogP contribution in [0.1, 0.15) is 16.1 Å². The predicted octanol–water partition coefficient (Wildman–Crippen LogP) is 4.70. The monoisotopic (exact) mass is 458 g/mol. The molecule has 0 radical (unpaired) electrons. The summed E-state index contributed by atoms with van der Waals surface area (Å²) in [7, 11) is 0. The Morgan fingerprint density at radius 1 is 1.17 bits per heavy atom. The van der Waals surface area contributed by atoms with E-state index in [0.29, 0.717) is 32.7 Å². The lowest BCUT2D eigenvalue weighted by Gasteiger charge is -2.08. The number of nitrogens with zero attached hydrogens (tertiary/aromatic N) is 3. The highest BCUT2D eigenvalue weighted by atomic mass is 35.5. The average Bonchev–Trinajstić information content (AvgIpc) is 3.15. The molecule has 2 heterocycles. The number of aromatic nitrogens is 3. The first kappa shape index (κ1) is 20.5. The van der Waals surface area contributed by atoms with Crippen molar-refractivity contribution in [1.82, 2.24) is 14.8 Å². The SMILES string of the molecule is Cc1nn(CC(=O)Nc2ncc(Cc3cc(Cl)ccc3Cl)s2)c(=O)c2ccccc12. The number of hydrogen-bond acceptors (Lipinski definition) is 5. The zero-order valence-electron chi connectivity index (χ0n) is 15.9. The van der Waals surface area contributed by atoms with Gasteiger partial charge in [-0.15, -0.1) is 11.3 Å². The fourth-order valence-electron chi connectivity index (χ4n) is 3.12. The van der Waals surface area contributed by atoms with Gasteiger partial charge < -0.3 is 5.32 Å². The molecule has 9 heteroatoms. The molecule has 1 amide bonds. The van der Waals surface area contributed by atoms with Crippen molar-refractivity contribution in [3.63, 3.8) is 0 Å². The highest BCUT2D eigenvalue weighted by Gasteiger charge is 2.13. The summed E-state index contributed by atoms with van der Waals surface area (Å²) in [6, 6.07) is 12.5. The van der Waals surface area contributed by atoms with Gasteiger partial charge in [0.2, 0.25) is 5.91 Å². The van der Waals surface area contributed by atoms with Gasteiger partial charge in [0.25, 0.3) is 5.56 Å². The normalized spacial score (nSPS) is 11.0. The first-order valence-corrected chi connectivity index (χ1v) is 10.6. The van der Waals surface area contributed by atoms with Crippen LogP contribution in [0.25, 0.3) is 10.8 Å². The molecule has 30 heavy (non-hydrogen) atoms. The molecule has 4 rings (SSSR count). The minimum absolute atomic E-state index is 0.195. The average molecular weight is 459 g/mol. The lowest BCUT2D eigenvalue weighted by Crippen LogP contribution is -2.30. The zero-order valence-corrected chi connectivity index (χ0v) is 18.2. The van der Waals surface area contributed by atoms with Crippen LogP contribution in [0, 0.1) is 6.92 Å². The topological polar surface area (TPSA) is 76.9 Å². The molecule has 0 aliphatic rings. The minimum atomic E-state index is -0.374. The maximum absolute atomic E-state index is 12.6. The Morgan fingerprint density at radius 2 is 1.93 bits per heavy atom. The Kier molecular flexibility index (Phi) is 5.85. The predicted molar refractivity (Wildman–Crippen MR) is 121 cm³/mol. The molecule has 0 unspecified atom stereocenters. The summed E-state index contributed by atoms with van der Waals surface area (Å²) in [5.74, 6) is -0.374. The van der Waals surface area contributed by atoms with Crippen molar-refractivity contribution in [3.8, 4) is 0 Å². The smallest absolute Gasteiger partial charge is 0.275 e. The van der Waals surface area contributed by atoms with Gasteiger partial charge in [0.05, 0.1) is 11.1 Å². The van der Waals surface area contributed by atoms with E-state index in [0.717, 1.165) is 15.8 Å². The quantitative estimate of drug-likeness (QED) is 0.470. The number of carbonyl (C=O) groups is 1. The van der Waals surface area contributed by atoms with E-state index in [1.54, 1.807) is 30.5 Å². The van der Waals surface area contributed by atoms with E-state index >= 15 is 0 Å². The molecule has 0 spiro atoms. The van der Waals surface area contributed by atoms with Crippen molar-refractivity contribution < 1.29 is 4.79 Å². The van der Waals surface area contributed by atoms with Gasteiger partial charge in [-0.05, 0) is 36.8 Å². The van der Waals surface area contributed by atoms with Crippen LogP contribution in [0.5, 0.6) is 0 Å². The number of amides is 1. The second kappa shape index (κ2) is 8.55. The standard InChI is InChI=1S/C21H16Cl2N4O2S/c1-12-16-4-2-3-5-17(16)20(29)27(26-12)11-19(28)25-21-24-10-15(30-21)9-13-8-14(22)6-7-18(13)23/h2-8,10H,9,11H2,1H3,(H,24,25,28). The zero-order chi connectivity index (χ0) is 21.3. The summed E-state index contributed by atoms with van der Waals surface area (Å²) in [5.41, 5.74) is 1.27. The van der Waals surface area contributed by atoms with Gasteiger partial charge in [0, 0.05) is 32.9 Å². The van der Waals surface area contributed by atoms with Crippen LogP contribution in [0.15, 0.2) is 53.5 Å². The number of halogens is 2. The van der Waals surface area contributed by atoms with Crippen molar-refractivity contribution in [2.75, 3.05) is 5.32 Å². The van der Waals surface area contributed by atoms with Crippen LogP contribution in [0.2, 0.25) is 10.0 Å². The third-order valence-electron chi connectivity index (χ3n) is 4.52. The molecule has 0 saturated carbocycles. The van der Waals surface area contributed by atoms with Crippen molar-refractivity contribution in [2.24, 2.45) is 0 Å². The minimum Gasteiger partial charge on any atom is -0.300 e. The van der Waals surface area contributed by atoms with Crippen LogP contribution in [-0.2, 0) is 17.8 Å². The van der Waals surface area contributed by atoms with Crippen LogP contribution in [0.3, 0.4) is 0 Å². The highest BCUT2D eigenvalue weighted by Crippen LogP contribution is 2.27. The number of aryl methyl sites for hydroxylation is 1. The van der Waals surface area contributed by atoms with Gasteiger partial charge in [0.1, 0.15) is 6.54 Å². The van der Waals surface area contributed by atoms with Crippen LogP contribution in [-0.4, -0.2) is 20.7 Å². The number of benzene rings is 2. The van der Waals surface area contributed by atoms with E-state index < -0.39 is 0 Å². The van der Waals surface area contributed by atoms with Gasteiger partial charge in [-0.1, -0.05) is 41.4 Å². The van der Waals surface area contributed by atoms with E-state index in [1.165, 1.54) is 16.0 Å². The molecule has 0 saturated heterocycles. The summed E-state index contributed by atoms with van der Waals surface area (Å²) in [6.07, 6.45) is 2.24. The maximum atomic E-state index is 12.6. The number of rotatable bonds is 5. The van der Waals surface area contributed by atoms with Crippen molar-refractivity contribution >= 4 is 56.3 Å². The van der Waals surface area contributed by atoms with Gasteiger partial charge in [-0.2, -0.15) is 5.10 Å². The number of nitrogens with one attached hydrogen (secondary N) is 1. The number of thiazole rings is 1. The summed E-state index contributed by atoms with van der Waals surface area (Å²) in [5, 5.41) is 9.98. The molecule has 0 aliphatic carbocycles. The maximum Gasteiger partial charge on any atom is 0.275 e. The fraction of sp³-hybridized carbons (Fsp3) is 0.143. The number of anilines is 1. The third kappa shape index (κ3) is 4.38. The van der Waals surface area contributed by atoms with Crippen molar-refractivity contribution in [1.29, 1.82) is 0 Å². The summed E-state index contributed by atoms with van der Waals surface area (Å²) in [4.78, 5) is 30.2. The van der Waals surface area contributed by atoms with Crippen LogP contribution >= 0.6 is 34.5 Å². The van der Waals surface area contributed by atoms with Crippen LogP contribution < -0.4 is 10.9 Å². The molecule has 0 atom stereocenters. The lowest BCUT2D eigenvalue weighted by atomic mass is 10.1. The molecule has 6 nitrogen and oxygen atoms in total. The van der Waals surface area contributed by atoms with E-state index in [-0.39, 0.29) is 18.0 Å². The van der Waals surface area contributed by atoms with Gasteiger partial charge in [-0.3, -0.25) is 9.59 Å². The molecule has 1 N–H and O–H groups in total. The number of carbonyl (C=O) groups excluding carboxylic acids is 1. The number of hydrogen-bond donors (Lipinski definition) is 1. The summed E-state index contributed by atoms with van der Waals surface area (Å²) in [6.45, 7) is 1.61. The third-order valence-corrected chi connectivity index (χ3v) is 6.03. The first-order chi connectivity index (χ1) is 14.4. The molecular formula is C21H16Cl2N4O2S. The fourth-order valence-corrected chi connectivity index (χ4v) is 4.35. The molecular weight excluding hydrogens is 443 g/mol. The first-order valence-electron chi connectivity index (χ1n) is 9.05. The van der Waals surface area contributed by atoms with E-state index in [2.05, 4.69) is 15.4 Å². The Balaban J connectivity index is 1.48. The molecule has 2 aromatic carbocycles. The van der Waals surface area contributed by atoms with E-state index in [4.69, 9.17) is 23.2 Å². The van der Waals surface area contributed by atoms with Crippen molar-refractivity contribution in [3.05, 3.63) is 85.2 Å². The summed E-state index contributed by atoms with van der Waals surface area (Å²) >= 11 is 13.6. The molecule has 0 fully saturated rings. The Labute approximate surface area is 186 Å². The number of fused-ring (bicyclic) bond motifs is 1. The van der Waals surface area contributed by atoms with E-state index in [1.807, 2.05) is 25.1 Å². The molecule has 0 bridgehead atoms. The van der Waals surface area contributed by atoms with Crippen molar-refractivity contribution in [2.45, 2.75) is 19.9 Å².